The number of nitrogens with zero attached hydrogens (tertiary/aromatic N) is 3. The lowest BCUT2D eigenvalue weighted by molar-refractivity contribution is -0.131. The Kier molecular flexibility index (Phi) is 6.05. The van der Waals surface area contributed by atoms with Gasteiger partial charge >= 0.3 is 0 Å². The number of carbonyl (C=O) groups excluding carboxylic acids is 1. The Morgan fingerprint density at radius 1 is 1.44 bits per heavy atom. The van der Waals surface area contributed by atoms with Gasteiger partial charge < -0.3 is 9.88 Å². The Labute approximate surface area is 164 Å². The maximum absolute atomic E-state index is 12.4. The SMILES string of the molecule is CN(C)S(=O)(=O)NCC(=O)N1CCCC(Cc2nc3ccc(Cl)cc3[nH]2)C1. The fraction of sp³-hybridized carbons (Fsp3) is 0.529. The molecule has 1 saturated heterocycles. The second kappa shape index (κ2) is 8.14. The molecule has 8 nitrogen and oxygen atoms in total. The number of halogens is 1. The van der Waals surface area contributed by atoms with Crippen molar-refractivity contribution in [3.8, 4) is 0 Å². The van der Waals surface area contributed by atoms with E-state index in [-0.39, 0.29) is 18.4 Å². The molecule has 1 atom stereocenters. The van der Waals surface area contributed by atoms with Gasteiger partial charge in [0.05, 0.1) is 17.6 Å². The van der Waals surface area contributed by atoms with Crippen molar-refractivity contribution in [2.45, 2.75) is 19.3 Å². The first kappa shape index (κ1) is 20.1. The van der Waals surface area contributed by atoms with Crippen LogP contribution in [0.3, 0.4) is 0 Å². The summed E-state index contributed by atoms with van der Waals surface area (Å²) in [6, 6.07) is 5.54. The van der Waals surface area contributed by atoms with Gasteiger partial charge in [0.25, 0.3) is 10.2 Å². The number of benzene rings is 1. The second-order valence-electron chi connectivity index (χ2n) is 7.01. The van der Waals surface area contributed by atoms with Crippen molar-refractivity contribution in [1.29, 1.82) is 0 Å². The number of imidazole rings is 1. The zero-order chi connectivity index (χ0) is 19.6. The van der Waals surface area contributed by atoms with Crippen LogP contribution in [-0.2, 0) is 21.4 Å². The van der Waals surface area contributed by atoms with Gasteiger partial charge in [0.2, 0.25) is 5.91 Å². The van der Waals surface area contributed by atoms with Crippen molar-refractivity contribution in [3.63, 3.8) is 0 Å². The number of amides is 1. The van der Waals surface area contributed by atoms with E-state index in [9.17, 15) is 13.2 Å². The van der Waals surface area contributed by atoms with E-state index in [1.54, 1.807) is 4.90 Å². The van der Waals surface area contributed by atoms with Gasteiger partial charge in [0.15, 0.2) is 0 Å². The highest BCUT2D eigenvalue weighted by Crippen LogP contribution is 2.22. The van der Waals surface area contributed by atoms with Crippen molar-refractivity contribution in [2.24, 2.45) is 5.92 Å². The molecule has 10 heteroatoms. The molecule has 0 saturated carbocycles. The van der Waals surface area contributed by atoms with E-state index >= 15 is 0 Å². The van der Waals surface area contributed by atoms with Crippen LogP contribution in [0.1, 0.15) is 18.7 Å². The zero-order valence-corrected chi connectivity index (χ0v) is 17.0. The van der Waals surface area contributed by atoms with Crippen LogP contribution in [-0.4, -0.2) is 67.2 Å². The number of piperidine rings is 1. The van der Waals surface area contributed by atoms with E-state index in [0.29, 0.717) is 18.1 Å². The summed E-state index contributed by atoms with van der Waals surface area (Å²) in [5.74, 6) is 0.950. The Bertz CT molecular complexity index is 928. The number of rotatable bonds is 6. The minimum Gasteiger partial charge on any atom is -0.342 e. The van der Waals surface area contributed by atoms with E-state index in [0.717, 1.165) is 40.4 Å². The van der Waals surface area contributed by atoms with E-state index in [1.165, 1.54) is 14.1 Å². The van der Waals surface area contributed by atoms with E-state index in [1.807, 2.05) is 18.2 Å². The van der Waals surface area contributed by atoms with Gasteiger partial charge in [0.1, 0.15) is 5.82 Å². The Balaban J connectivity index is 1.59. The third-order valence-electron chi connectivity index (χ3n) is 4.73. The molecule has 2 aromatic rings. The van der Waals surface area contributed by atoms with Crippen molar-refractivity contribution in [3.05, 3.63) is 29.0 Å². The molecule has 1 aromatic carbocycles. The Hall–Kier alpha value is -1.68. The zero-order valence-electron chi connectivity index (χ0n) is 15.4. The van der Waals surface area contributed by atoms with Crippen molar-refractivity contribution >= 4 is 38.8 Å². The highest BCUT2D eigenvalue weighted by molar-refractivity contribution is 7.87. The molecule has 0 aliphatic carbocycles. The maximum atomic E-state index is 12.4. The molecule has 1 amide bonds. The summed E-state index contributed by atoms with van der Waals surface area (Å²) in [6.45, 7) is 1.02. The quantitative estimate of drug-likeness (QED) is 0.747. The van der Waals surface area contributed by atoms with E-state index < -0.39 is 10.2 Å². The minimum absolute atomic E-state index is 0.207. The lowest BCUT2D eigenvalue weighted by Gasteiger charge is -2.32. The fourth-order valence-corrected chi connectivity index (χ4v) is 3.99. The lowest BCUT2D eigenvalue weighted by Crippen LogP contribution is -2.47. The molecule has 2 N–H and O–H groups in total. The number of H-pyrrole nitrogens is 1. The fourth-order valence-electron chi connectivity index (χ4n) is 3.26. The number of fused-ring (bicyclic) bond motifs is 1. The molecule has 1 aliphatic heterocycles. The van der Waals surface area contributed by atoms with Gasteiger partial charge in [-0.25, -0.2) is 4.98 Å². The summed E-state index contributed by atoms with van der Waals surface area (Å²) in [5, 5.41) is 0.660. The lowest BCUT2D eigenvalue weighted by atomic mass is 9.94. The third-order valence-corrected chi connectivity index (χ3v) is 6.44. The highest BCUT2D eigenvalue weighted by atomic mass is 35.5. The molecular weight excluding hydrogens is 390 g/mol. The molecular formula is C17H24ClN5O3S. The van der Waals surface area contributed by atoms with Crippen molar-refractivity contribution in [2.75, 3.05) is 33.7 Å². The minimum atomic E-state index is -3.60. The summed E-state index contributed by atoms with van der Waals surface area (Å²) in [5.41, 5.74) is 1.77. The van der Waals surface area contributed by atoms with E-state index in [2.05, 4.69) is 14.7 Å². The first-order valence-electron chi connectivity index (χ1n) is 8.83. The van der Waals surface area contributed by atoms with Crippen LogP contribution in [0.2, 0.25) is 5.02 Å². The van der Waals surface area contributed by atoms with E-state index in [4.69, 9.17) is 11.6 Å². The van der Waals surface area contributed by atoms with Crippen LogP contribution in [0.15, 0.2) is 18.2 Å². The molecule has 1 aliphatic rings. The average molecular weight is 414 g/mol. The molecule has 1 aromatic heterocycles. The van der Waals surface area contributed by atoms with Crippen LogP contribution < -0.4 is 4.72 Å². The predicted octanol–water partition coefficient (Wildman–Crippen LogP) is 1.39. The first-order chi connectivity index (χ1) is 12.7. The summed E-state index contributed by atoms with van der Waals surface area (Å²) < 4.78 is 26.9. The number of likely N-dealkylation sites (tertiary alicyclic amines) is 1. The van der Waals surface area contributed by atoms with Crippen LogP contribution in [0.5, 0.6) is 0 Å². The molecule has 1 fully saturated rings. The Morgan fingerprint density at radius 3 is 2.96 bits per heavy atom. The van der Waals surface area contributed by atoms with Gasteiger partial charge in [-0.1, -0.05) is 11.6 Å². The predicted molar refractivity (Wildman–Crippen MR) is 105 cm³/mol. The Morgan fingerprint density at radius 2 is 2.22 bits per heavy atom. The molecule has 0 bridgehead atoms. The molecule has 0 spiro atoms. The number of aromatic amines is 1. The largest absolute Gasteiger partial charge is 0.342 e. The third kappa shape index (κ3) is 4.98. The highest BCUT2D eigenvalue weighted by Gasteiger charge is 2.25. The molecule has 148 valence electrons. The molecule has 3 rings (SSSR count). The summed E-state index contributed by atoms with van der Waals surface area (Å²) in [4.78, 5) is 22.0. The van der Waals surface area contributed by atoms with Crippen LogP contribution in [0.25, 0.3) is 11.0 Å². The van der Waals surface area contributed by atoms with Gasteiger partial charge in [-0.3, -0.25) is 4.79 Å². The molecule has 27 heavy (non-hydrogen) atoms. The van der Waals surface area contributed by atoms with Gasteiger partial charge in [0, 0.05) is 38.6 Å². The van der Waals surface area contributed by atoms with Crippen LogP contribution in [0.4, 0.5) is 0 Å². The van der Waals surface area contributed by atoms with Gasteiger partial charge in [-0.05, 0) is 37.0 Å². The number of nitrogens with one attached hydrogen (secondary N) is 2. The first-order valence-corrected chi connectivity index (χ1v) is 10.7. The second-order valence-corrected chi connectivity index (χ2v) is 9.41. The standard InChI is InChI=1S/C17H24ClN5O3S/c1-22(2)27(25,26)19-10-17(24)23-7-3-4-12(11-23)8-16-20-14-6-5-13(18)9-15(14)21-16/h5-6,9,12,19H,3-4,7-8,10-11H2,1-2H3,(H,20,21). The molecule has 1 unspecified atom stereocenters. The molecule has 0 radical (unpaired) electrons. The topological polar surface area (TPSA) is 98.4 Å². The van der Waals surface area contributed by atoms with Crippen LogP contribution in [0, 0.1) is 5.92 Å². The number of carbonyl (C=O) groups is 1. The maximum Gasteiger partial charge on any atom is 0.279 e. The van der Waals surface area contributed by atoms with Gasteiger partial charge in [-0.15, -0.1) is 0 Å². The molecule has 2 heterocycles. The van der Waals surface area contributed by atoms with Crippen molar-refractivity contribution in [1.82, 2.24) is 23.9 Å². The summed E-state index contributed by atoms with van der Waals surface area (Å²) in [7, 11) is -0.761. The van der Waals surface area contributed by atoms with Crippen molar-refractivity contribution < 1.29 is 13.2 Å². The summed E-state index contributed by atoms with van der Waals surface area (Å²) >= 11 is 6.01. The summed E-state index contributed by atoms with van der Waals surface area (Å²) in [6.07, 6.45) is 2.63. The average Bonchev–Trinajstić information content (AvgIpc) is 3.01. The number of hydrogen-bond donors (Lipinski definition) is 2. The van der Waals surface area contributed by atoms with Crippen LogP contribution >= 0.6 is 11.6 Å². The smallest absolute Gasteiger partial charge is 0.279 e. The monoisotopic (exact) mass is 413 g/mol. The van der Waals surface area contributed by atoms with Gasteiger partial charge in [-0.2, -0.15) is 17.4 Å². The number of hydrogen-bond acceptors (Lipinski definition) is 4. The number of aromatic nitrogens is 2. The normalized spacial score (nSPS) is 18.4.